The lowest BCUT2D eigenvalue weighted by molar-refractivity contribution is 0.565. The van der Waals surface area contributed by atoms with Crippen molar-refractivity contribution < 1.29 is 4.39 Å². The highest BCUT2D eigenvalue weighted by Crippen LogP contribution is 2.16. The summed E-state index contributed by atoms with van der Waals surface area (Å²) >= 11 is 0. The summed E-state index contributed by atoms with van der Waals surface area (Å²) in [6, 6.07) is 10.8. The van der Waals surface area contributed by atoms with Crippen molar-refractivity contribution in [3.05, 3.63) is 54.0 Å². The average Bonchev–Trinajstić information content (AvgIpc) is 2.98. The Hall–Kier alpha value is -2.67. The van der Waals surface area contributed by atoms with Gasteiger partial charge >= 0.3 is 0 Å². The van der Waals surface area contributed by atoms with Crippen molar-refractivity contribution in [2.75, 3.05) is 0 Å². The Balaban J connectivity index is 2.03. The number of tetrazole rings is 1. The van der Waals surface area contributed by atoms with E-state index in [2.05, 4.69) is 20.4 Å². The van der Waals surface area contributed by atoms with Gasteiger partial charge in [-0.05, 0) is 11.3 Å². The molecule has 0 amide bonds. The highest BCUT2D eigenvalue weighted by molar-refractivity contribution is 5.53. The molecule has 20 heavy (non-hydrogen) atoms. The predicted molar refractivity (Wildman–Crippen MR) is 70.2 cm³/mol. The molecule has 0 radical (unpaired) electrons. The van der Waals surface area contributed by atoms with E-state index in [1.54, 1.807) is 0 Å². The number of hydrogen-bond donors (Lipinski definition) is 1. The van der Waals surface area contributed by atoms with Crippen molar-refractivity contribution in [1.82, 2.24) is 25.2 Å². The SMILES string of the molecule is NCc1ccnc(-n2nnc(-c3ccccc3)n2)c1F. The highest BCUT2D eigenvalue weighted by Gasteiger charge is 2.14. The molecular weight excluding hydrogens is 259 g/mol. The smallest absolute Gasteiger partial charge is 0.212 e. The third kappa shape index (κ3) is 2.14. The van der Waals surface area contributed by atoms with Gasteiger partial charge in [0.2, 0.25) is 11.6 Å². The van der Waals surface area contributed by atoms with Gasteiger partial charge < -0.3 is 5.73 Å². The molecule has 2 heterocycles. The van der Waals surface area contributed by atoms with Gasteiger partial charge in [0, 0.05) is 23.9 Å². The molecule has 0 atom stereocenters. The number of benzene rings is 1. The second kappa shape index (κ2) is 5.14. The monoisotopic (exact) mass is 270 g/mol. The van der Waals surface area contributed by atoms with E-state index in [1.165, 1.54) is 12.3 Å². The molecule has 7 heteroatoms. The van der Waals surface area contributed by atoms with E-state index < -0.39 is 5.82 Å². The van der Waals surface area contributed by atoms with Gasteiger partial charge in [-0.1, -0.05) is 30.3 Å². The molecule has 0 fully saturated rings. The standard InChI is InChI=1S/C13H11FN6/c14-11-10(8-15)6-7-16-13(11)20-18-12(17-19-20)9-4-2-1-3-5-9/h1-7H,8,15H2. The van der Waals surface area contributed by atoms with Crippen LogP contribution in [0.1, 0.15) is 5.56 Å². The topological polar surface area (TPSA) is 82.5 Å². The Morgan fingerprint density at radius 1 is 1.15 bits per heavy atom. The van der Waals surface area contributed by atoms with Crippen LogP contribution in [-0.2, 0) is 6.54 Å². The van der Waals surface area contributed by atoms with Crippen LogP contribution in [0.25, 0.3) is 17.2 Å². The molecule has 2 aromatic heterocycles. The van der Waals surface area contributed by atoms with Gasteiger partial charge in [0.1, 0.15) is 0 Å². The maximum atomic E-state index is 14.1. The van der Waals surface area contributed by atoms with Crippen molar-refractivity contribution in [2.45, 2.75) is 6.54 Å². The zero-order valence-electron chi connectivity index (χ0n) is 10.4. The summed E-state index contributed by atoms with van der Waals surface area (Å²) in [6.07, 6.45) is 1.46. The van der Waals surface area contributed by atoms with Gasteiger partial charge in [-0.15, -0.1) is 15.0 Å². The predicted octanol–water partition coefficient (Wildman–Crippen LogP) is 1.32. The molecule has 100 valence electrons. The maximum Gasteiger partial charge on any atom is 0.212 e. The molecule has 3 rings (SSSR count). The fourth-order valence-electron chi connectivity index (χ4n) is 1.78. The van der Waals surface area contributed by atoms with Gasteiger partial charge in [-0.2, -0.15) is 0 Å². The molecule has 0 aliphatic carbocycles. The lowest BCUT2D eigenvalue weighted by atomic mass is 10.2. The van der Waals surface area contributed by atoms with Crippen molar-refractivity contribution in [3.63, 3.8) is 0 Å². The molecule has 0 saturated carbocycles. The number of hydrogen-bond acceptors (Lipinski definition) is 5. The lowest BCUT2D eigenvalue weighted by Crippen LogP contribution is -2.09. The quantitative estimate of drug-likeness (QED) is 0.776. The first-order valence-electron chi connectivity index (χ1n) is 5.99. The van der Waals surface area contributed by atoms with E-state index >= 15 is 0 Å². The zero-order valence-corrected chi connectivity index (χ0v) is 10.4. The molecule has 0 spiro atoms. The third-order valence-corrected chi connectivity index (χ3v) is 2.81. The molecule has 0 aliphatic rings. The number of rotatable bonds is 3. The van der Waals surface area contributed by atoms with Crippen LogP contribution in [-0.4, -0.2) is 25.2 Å². The molecule has 2 N–H and O–H groups in total. The molecule has 1 aromatic carbocycles. The number of pyridine rings is 1. The normalized spacial score (nSPS) is 10.7. The van der Waals surface area contributed by atoms with Crippen LogP contribution in [0.5, 0.6) is 0 Å². The maximum absolute atomic E-state index is 14.1. The largest absolute Gasteiger partial charge is 0.326 e. The Bertz CT molecular complexity index is 725. The van der Waals surface area contributed by atoms with Gasteiger partial charge in [0.05, 0.1) is 0 Å². The van der Waals surface area contributed by atoms with Crippen LogP contribution in [0.3, 0.4) is 0 Å². The molecular formula is C13H11FN6. The lowest BCUT2D eigenvalue weighted by Gasteiger charge is -2.03. The molecule has 0 bridgehead atoms. The molecule has 6 nitrogen and oxygen atoms in total. The van der Waals surface area contributed by atoms with E-state index in [-0.39, 0.29) is 12.4 Å². The van der Waals surface area contributed by atoms with E-state index in [1.807, 2.05) is 30.3 Å². The Kier molecular flexibility index (Phi) is 3.18. The van der Waals surface area contributed by atoms with E-state index in [0.717, 1.165) is 10.4 Å². The van der Waals surface area contributed by atoms with E-state index in [9.17, 15) is 4.39 Å². The zero-order chi connectivity index (χ0) is 13.9. The summed E-state index contributed by atoms with van der Waals surface area (Å²) in [6.45, 7) is 0.0849. The minimum absolute atomic E-state index is 0.0115. The van der Waals surface area contributed by atoms with E-state index in [4.69, 9.17) is 5.73 Å². The van der Waals surface area contributed by atoms with Crippen molar-refractivity contribution >= 4 is 0 Å². The highest BCUT2D eigenvalue weighted by atomic mass is 19.1. The molecule has 0 unspecified atom stereocenters. The summed E-state index contributed by atoms with van der Waals surface area (Å²) < 4.78 is 14.1. The van der Waals surface area contributed by atoms with Crippen LogP contribution in [0.15, 0.2) is 42.6 Å². The van der Waals surface area contributed by atoms with Gasteiger partial charge in [0.15, 0.2) is 5.82 Å². The van der Waals surface area contributed by atoms with Gasteiger partial charge in [-0.3, -0.25) is 0 Å². The first-order valence-corrected chi connectivity index (χ1v) is 5.99. The van der Waals surface area contributed by atoms with Crippen LogP contribution in [0, 0.1) is 5.82 Å². The summed E-state index contributed by atoms with van der Waals surface area (Å²) in [7, 11) is 0. The molecule has 0 saturated heterocycles. The van der Waals surface area contributed by atoms with Gasteiger partial charge in [0.25, 0.3) is 0 Å². The first-order chi connectivity index (χ1) is 9.79. The van der Waals surface area contributed by atoms with Crippen molar-refractivity contribution in [2.24, 2.45) is 5.73 Å². The summed E-state index contributed by atoms with van der Waals surface area (Å²) in [5.74, 6) is -0.139. The van der Waals surface area contributed by atoms with Crippen LogP contribution in [0.4, 0.5) is 4.39 Å². The Morgan fingerprint density at radius 3 is 2.70 bits per heavy atom. The fourth-order valence-corrected chi connectivity index (χ4v) is 1.78. The first kappa shape index (κ1) is 12.4. The van der Waals surface area contributed by atoms with Crippen LogP contribution in [0.2, 0.25) is 0 Å². The molecule has 3 aromatic rings. The summed E-state index contributed by atoms with van der Waals surface area (Å²) in [5.41, 5.74) is 6.62. The Labute approximate surface area is 114 Å². The van der Waals surface area contributed by atoms with E-state index in [0.29, 0.717) is 11.4 Å². The van der Waals surface area contributed by atoms with Crippen LogP contribution >= 0.6 is 0 Å². The van der Waals surface area contributed by atoms with Crippen molar-refractivity contribution in [1.29, 1.82) is 0 Å². The number of nitrogens with zero attached hydrogens (tertiary/aromatic N) is 5. The summed E-state index contributed by atoms with van der Waals surface area (Å²) in [5, 5.41) is 11.9. The fraction of sp³-hybridized carbons (Fsp3) is 0.0769. The third-order valence-electron chi connectivity index (χ3n) is 2.81. The average molecular weight is 270 g/mol. The summed E-state index contributed by atoms with van der Waals surface area (Å²) in [4.78, 5) is 5.00. The van der Waals surface area contributed by atoms with Gasteiger partial charge in [-0.25, -0.2) is 9.37 Å². The minimum Gasteiger partial charge on any atom is -0.326 e. The number of aromatic nitrogens is 5. The van der Waals surface area contributed by atoms with Crippen molar-refractivity contribution in [3.8, 4) is 17.2 Å². The Morgan fingerprint density at radius 2 is 1.95 bits per heavy atom. The number of halogens is 1. The second-order valence-corrected chi connectivity index (χ2v) is 4.08. The number of nitrogens with two attached hydrogens (primary N) is 1. The molecule has 0 aliphatic heterocycles. The second-order valence-electron chi connectivity index (χ2n) is 4.08. The van der Waals surface area contributed by atoms with Crippen LogP contribution < -0.4 is 5.73 Å². The minimum atomic E-state index is -0.535.